The van der Waals surface area contributed by atoms with Gasteiger partial charge in [0, 0.05) is 20.5 Å². The van der Waals surface area contributed by atoms with Crippen LogP contribution in [0.15, 0.2) is 57.6 Å². The van der Waals surface area contributed by atoms with Crippen LogP contribution >= 0.6 is 31.9 Å². The molecule has 0 radical (unpaired) electrons. The minimum Gasteiger partial charge on any atom is -0.505 e. The molecule has 118 valence electrons. The van der Waals surface area contributed by atoms with Crippen LogP contribution in [0.3, 0.4) is 0 Å². The number of aromatic hydroxyl groups is 1. The van der Waals surface area contributed by atoms with Crippen molar-refractivity contribution < 1.29 is 9.90 Å². The predicted octanol–water partition coefficient (Wildman–Crippen LogP) is 5.35. The smallest absolute Gasteiger partial charge is 0.259 e. The number of amides is 1. The molecule has 23 heavy (non-hydrogen) atoms. The van der Waals surface area contributed by atoms with Gasteiger partial charge < -0.3 is 10.4 Å². The topological polar surface area (TPSA) is 62.2 Å². The van der Waals surface area contributed by atoms with Gasteiger partial charge in [-0.25, -0.2) is 0 Å². The molecule has 0 atom stereocenters. The van der Waals surface area contributed by atoms with Gasteiger partial charge in [-0.15, -0.1) is 0 Å². The minimum atomic E-state index is -0.395. The molecule has 1 heterocycles. The number of phenols is 1. The van der Waals surface area contributed by atoms with Crippen LogP contribution in [-0.2, 0) is 0 Å². The Morgan fingerprint density at radius 3 is 2.65 bits per heavy atom. The van der Waals surface area contributed by atoms with Crippen molar-refractivity contribution in [3.8, 4) is 5.75 Å². The molecule has 0 unspecified atom stereocenters. The average molecular weight is 438 g/mol. The Morgan fingerprint density at radius 2 is 1.91 bits per heavy atom. The summed E-state index contributed by atoms with van der Waals surface area (Å²) in [5.74, 6) is -0.517. The summed E-state index contributed by atoms with van der Waals surface area (Å²) in [5, 5.41) is 13.8. The second-order valence-corrected chi connectivity index (χ2v) is 6.39. The zero-order chi connectivity index (χ0) is 15.7. The maximum absolute atomic E-state index is 12.4. The van der Waals surface area contributed by atoms with E-state index < -0.39 is 5.91 Å². The Morgan fingerprint density at radius 1 is 1.13 bits per heavy atom. The van der Waals surface area contributed by atoms with Crippen LogP contribution in [0.4, 0.5) is 5.69 Å². The van der Waals surface area contributed by atoms with Gasteiger partial charge in [0.1, 0.15) is 5.52 Å². The summed E-state index contributed by atoms with van der Waals surface area (Å²) < 4.78 is 1.64. The molecule has 6 heteroatoms. The van der Waals surface area contributed by atoms with E-state index in [4.69, 9.17) is 0 Å². The van der Waals surface area contributed by atoms with Crippen molar-refractivity contribution in [1.82, 2.24) is 4.98 Å². The Bertz CT molecular complexity index is 882. The first-order valence-electron chi connectivity index (χ1n) is 6.39. The molecule has 4 nitrogen and oxygen atoms in total. The molecule has 2 aromatic carbocycles. The highest BCUT2D eigenvalue weighted by atomic mass is 79.9. The molecule has 0 fully saturated rings. The van der Waals surface area contributed by atoms with Crippen LogP contribution in [0.1, 0.15) is 17.8 Å². The van der Waals surface area contributed by atoms with Gasteiger partial charge in [-0.05, 0) is 46.3 Å². The largest absolute Gasteiger partial charge is 0.505 e. The molecule has 1 amide bonds. The molecule has 1 aromatic heterocycles. The van der Waals surface area contributed by atoms with Gasteiger partial charge >= 0.3 is 0 Å². The van der Waals surface area contributed by atoms with Crippen LogP contribution < -0.4 is 5.32 Å². The van der Waals surface area contributed by atoms with Crippen LogP contribution in [0, 0.1) is 0 Å². The van der Waals surface area contributed by atoms with Crippen molar-refractivity contribution >= 4 is 54.4 Å². The minimum absolute atomic E-state index is 0. The molecule has 2 N–H and O–H groups in total. The predicted molar refractivity (Wildman–Crippen MR) is 99.9 cm³/mol. The fraction of sp³-hybridized carbons (Fsp3) is 0.0588. The number of aromatic nitrogens is 1. The first-order chi connectivity index (χ1) is 10.6. The standard InChI is InChI=1S/C16H10Br2N2O2.CH4/c17-10-4-6-13(12(18)8-10)20-16(22)11-5-3-9-2-1-7-19-14(9)15(11)21;/h1-8,21H,(H,20,22);1H4. The summed E-state index contributed by atoms with van der Waals surface area (Å²) >= 11 is 6.74. The molecule has 0 aliphatic heterocycles. The van der Waals surface area contributed by atoms with Gasteiger partial charge in [-0.3, -0.25) is 9.78 Å². The van der Waals surface area contributed by atoms with E-state index in [1.165, 1.54) is 0 Å². The van der Waals surface area contributed by atoms with Gasteiger partial charge in [0.2, 0.25) is 0 Å². The molecule has 0 saturated heterocycles. The molecule has 0 aliphatic rings. The summed E-state index contributed by atoms with van der Waals surface area (Å²) in [6.45, 7) is 0. The van der Waals surface area contributed by atoms with E-state index in [2.05, 4.69) is 42.2 Å². The van der Waals surface area contributed by atoms with E-state index in [-0.39, 0.29) is 18.7 Å². The lowest BCUT2D eigenvalue weighted by molar-refractivity contribution is 0.102. The number of rotatable bonds is 2. The Balaban J connectivity index is 0.00000192. The quantitative estimate of drug-likeness (QED) is 0.567. The third-order valence-electron chi connectivity index (χ3n) is 3.17. The van der Waals surface area contributed by atoms with E-state index in [1.807, 2.05) is 18.2 Å². The molecular formula is C17H14Br2N2O2. The number of carbonyl (C=O) groups is 1. The second-order valence-electron chi connectivity index (χ2n) is 4.62. The van der Waals surface area contributed by atoms with Crippen molar-refractivity contribution in [3.05, 3.63) is 63.2 Å². The number of halogens is 2. The highest BCUT2D eigenvalue weighted by Gasteiger charge is 2.15. The monoisotopic (exact) mass is 436 g/mol. The Labute approximate surface area is 150 Å². The van der Waals surface area contributed by atoms with Gasteiger partial charge in [-0.1, -0.05) is 35.5 Å². The van der Waals surface area contributed by atoms with Gasteiger partial charge in [-0.2, -0.15) is 0 Å². The van der Waals surface area contributed by atoms with Crippen molar-refractivity contribution in [2.45, 2.75) is 7.43 Å². The van der Waals surface area contributed by atoms with E-state index >= 15 is 0 Å². The third-order valence-corrected chi connectivity index (χ3v) is 4.32. The molecular weight excluding hydrogens is 424 g/mol. The number of hydrogen-bond donors (Lipinski definition) is 2. The highest BCUT2D eigenvalue weighted by Crippen LogP contribution is 2.30. The molecule has 3 aromatic rings. The van der Waals surface area contributed by atoms with Crippen LogP contribution in [0.5, 0.6) is 5.75 Å². The summed E-state index contributed by atoms with van der Waals surface area (Å²) in [7, 11) is 0. The molecule has 0 saturated carbocycles. The Hall–Kier alpha value is -1.92. The SMILES string of the molecule is C.O=C(Nc1ccc(Br)cc1Br)c1ccc2cccnc2c1O. The second kappa shape index (κ2) is 7.10. The maximum Gasteiger partial charge on any atom is 0.259 e. The zero-order valence-corrected chi connectivity index (χ0v) is 14.3. The number of nitrogens with zero attached hydrogens (tertiary/aromatic N) is 1. The fourth-order valence-corrected chi connectivity index (χ4v) is 3.24. The molecule has 0 bridgehead atoms. The summed E-state index contributed by atoms with van der Waals surface area (Å²) in [4.78, 5) is 16.5. The highest BCUT2D eigenvalue weighted by molar-refractivity contribution is 9.11. The summed E-state index contributed by atoms with van der Waals surface area (Å²) in [6, 6.07) is 12.4. The average Bonchev–Trinajstić information content (AvgIpc) is 2.50. The number of pyridine rings is 1. The number of hydrogen-bond acceptors (Lipinski definition) is 3. The number of carbonyl (C=O) groups excluding carboxylic acids is 1. The lowest BCUT2D eigenvalue weighted by Gasteiger charge is -2.10. The normalized spacial score (nSPS) is 10.2. The summed E-state index contributed by atoms with van der Waals surface area (Å²) in [5.41, 5.74) is 1.21. The first kappa shape index (κ1) is 17.4. The molecule has 0 spiro atoms. The lowest BCUT2D eigenvalue weighted by Crippen LogP contribution is -2.12. The van der Waals surface area contributed by atoms with Crippen molar-refractivity contribution in [2.75, 3.05) is 5.32 Å². The van der Waals surface area contributed by atoms with E-state index in [0.29, 0.717) is 11.2 Å². The van der Waals surface area contributed by atoms with E-state index in [9.17, 15) is 9.90 Å². The van der Waals surface area contributed by atoms with Crippen molar-refractivity contribution in [2.24, 2.45) is 0 Å². The van der Waals surface area contributed by atoms with Gasteiger partial charge in [0.25, 0.3) is 5.91 Å². The zero-order valence-electron chi connectivity index (χ0n) is 11.2. The molecule has 0 aliphatic carbocycles. The van der Waals surface area contributed by atoms with Crippen molar-refractivity contribution in [3.63, 3.8) is 0 Å². The van der Waals surface area contributed by atoms with E-state index in [1.54, 1.807) is 30.5 Å². The number of nitrogens with one attached hydrogen (secondary N) is 1. The molecule has 3 rings (SSSR count). The maximum atomic E-state index is 12.4. The van der Waals surface area contributed by atoms with Crippen molar-refractivity contribution in [1.29, 1.82) is 0 Å². The number of fused-ring (bicyclic) bond motifs is 1. The van der Waals surface area contributed by atoms with Gasteiger partial charge in [0.05, 0.1) is 11.3 Å². The summed E-state index contributed by atoms with van der Waals surface area (Å²) in [6.07, 6.45) is 1.58. The van der Waals surface area contributed by atoms with Crippen LogP contribution in [0.25, 0.3) is 10.9 Å². The number of anilines is 1. The van der Waals surface area contributed by atoms with Crippen LogP contribution in [0.2, 0.25) is 0 Å². The van der Waals surface area contributed by atoms with Crippen LogP contribution in [-0.4, -0.2) is 16.0 Å². The Kier molecular flexibility index (Phi) is 5.38. The number of benzene rings is 2. The lowest BCUT2D eigenvalue weighted by atomic mass is 10.1. The van der Waals surface area contributed by atoms with E-state index in [0.717, 1.165) is 14.3 Å². The first-order valence-corrected chi connectivity index (χ1v) is 7.98. The third kappa shape index (κ3) is 3.54. The van der Waals surface area contributed by atoms with Gasteiger partial charge in [0.15, 0.2) is 5.75 Å². The fourth-order valence-electron chi connectivity index (χ4n) is 2.09. The number of phenolic OH excluding ortho intramolecular Hbond substituents is 1.